The third-order valence-electron chi connectivity index (χ3n) is 2.75. The van der Waals surface area contributed by atoms with Gasteiger partial charge < -0.3 is 5.32 Å². The SMILES string of the molecule is CC(C)(C)c1ncc(CNc2c(F)c(F)cc(F)c2F)s1. The third-order valence-corrected chi connectivity index (χ3v) is 4.17. The molecule has 0 amide bonds. The van der Waals surface area contributed by atoms with Gasteiger partial charge in [-0.3, -0.25) is 0 Å². The van der Waals surface area contributed by atoms with Gasteiger partial charge in [-0.2, -0.15) is 0 Å². The van der Waals surface area contributed by atoms with Crippen LogP contribution in [0.1, 0.15) is 30.7 Å². The summed E-state index contributed by atoms with van der Waals surface area (Å²) in [4.78, 5) is 4.93. The van der Waals surface area contributed by atoms with Crippen molar-refractivity contribution in [2.24, 2.45) is 0 Å². The standard InChI is InChI=1S/C14H14F4N2S/c1-14(2,3)13-20-6-7(21-13)5-19-12-10(17)8(15)4-9(16)11(12)18/h4,6,19H,5H2,1-3H3. The van der Waals surface area contributed by atoms with Gasteiger partial charge in [0.05, 0.1) is 11.6 Å². The first kappa shape index (κ1) is 15.8. The number of hydrogen-bond acceptors (Lipinski definition) is 3. The van der Waals surface area contributed by atoms with Gasteiger partial charge in [0.25, 0.3) is 0 Å². The van der Waals surface area contributed by atoms with Crippen molar-refractivity contribution in [2.75, 3.05) is 5.32 Å². The van der Waals surface area contributed by atoms with Crippen LogP contribution in [0.5, 0.6) is 0 Å². The first-order chi connectivity index (χ1) is 9.70. The summed E-state index contributed by atoms with van der Waals surface area (Å²) in [5.41, 5.74) is -0.942. The number of thiazole rings is 1. The van der Waals surface area contributed by atoms with E-state index >= 15 is 0 Å². The van der Waals surface area contributed by atoms with E-state index in [1.807, 2.05) is 20.8 Å². The lowest BCUT2D eigenvalue weighted by Gasteiger charge is -2.13. The highest BCUT2D eigenvalue weighted by molar-refractivity contribution is 7.11. The van der Waals surface area contributed by atoms with Crippen LogP contribution < -0.4 is 5.32 Å². The van der Waals surface area contributed by atoms with Crippen LogP contribution in [0.15, 0.2) is 12.3 Å². The summed E-state index contributed by atoms with van der Waals surface area (Å²) in [5.74, 6) is -5.74. The minimum Gasteiger partial charge on any atom is -0.375 e. The molecule has 2 nitrogen and oxygen atoms in total. The van der Waals surface area contributed by atoms with E-state index in [1.54, 1.807) is 6.20 Å². The third kappa shape index (κ3) is 3.34. The molecule has 7 heteroatoms. The highest BCUT2D eigenvalue weighted by Gasteiger charge is 2.20. The minimum atomic E-state index is -1.44. The minimum absolute atomic E-state index is 0.0322. The molecule has 1 aromatic heterocycles. The zero-order chi connectivity index (χ0) is 15.8. The second-order valence-corrected chi connectivity index (χ2v) is 6.69. The fraction of sp³-hybridized carbons (Fsp3) is 0.357. The lowest BCUT2D eigenvalue weighted by atomic mass is 9.98. The molecular weight excluding hydrogens is 304 g/mol. The van der Waals surface area contributed by atoms with Gasteiger partial charge in [0, 0.05) is 22.6 Å². The molecule has 0 atom stereocenters. The number of anilines is 1. The monoisotopic (exact) mass is 318 g/mol. The Bertz CT molecular complexity index is 635. The molecule has 0 aliphatic carbocycles. The van der Waals surface area contributed by atoms with Gasteiger partial charge in [0.2, 0.25) is 0 Å². The Morgan fingerprint density at radius 2 is 1.67 bits per heavy atom. The molecular formula is C14H14F4N2S. The van der Waals surface area contributed by atoms with Crippen molar-refractivity contribution >= 4 is 17.0 Å². The molecule has 1 aromatic carbocycles. The van der Waals surface area contributed by atoms with E-state index < -0.39 is 29.0 Å². The summed E-state index contributed by atoms with van der Waals surface area (Å²) in [6, 6.07) is 0.181. The maximum atomic E-state index is 13.5. The van der Waals surface area contributed by atoms with Crippen LogP contribution in [0.2, 0.25) is 0 Å². The van der Waals surface area contributed by atoms with Gasteiger partial charge >= 0.3 is 0 Å². The molecule has 0 aliphatic heterocycles. The van der Waals surface area contributed by atoms with Crippen molar-refractivity contribution in [1.29, 1.82) is 0 Å². The molecule has 0 radical (unpaired) electrons. The predicted molar refractivity (Wildman–Crippen MR) is 74.4 cm³/mol. The molecule has 21 heavy (non-hydrogen) atoms. The summed E-state index contributed by atoms with van der Waals surface area (Å²) < 4.78 is 53.1. The maximum absolute atomic E-state index is 13.5. The molecule has 1 N–H and O–H groups in total. The molecule has 0 aliphatic rings. The first-order valence-electron chi connectivity index (χ1n) is 6.22. The zero-order valence-electron chi connectivity index (χ0n) is 11.7. The zero-order valence-corrected chi connectivity index (χ0v) is 12.5. The predicted octanol–water partition coefficient (Wildman–Crippen LogP) is 4.61. The maximum Gasteiger partial charge on any atom is 0.185 e. The Balaban J connectivity index is 2.19. The van der Waals surface area contributed by atoms with E-state index in [9.17, 15) is 17.6 Å². The van der Waals surface area contributed by atoms with Crippen molar-refractivity contribution in [1.82, 2.24) is 4.98 Å². The van der Waals surface area contributed by atoms with Crippen molar-refractivity contribution in [2.45, 2.75) is 32.7 Å². The normalized spacial score (nSPS) is 11.8. The van der Waals surface area contributed by atoms with Crippen LogP contribution in [0.3, 0.4) is 0 Å². The Labute approximate surface area is 123 Å². The largest absolute Gasteiger partial charge is 0.375 e. The highest BCUT2D eigenvalue weighted by Crippen LogP contribution is 2.28. The average molecular weight is 318 g/mol. The second-order valence-electron chi connectivity index (χ2n) is 5.58. The Hall–Kier alpha value is -1.63. The molecule has 0 unspecified atom stereocenters. The van der Waals surface area contributed by atoms with E-state index in [1.165, 1.54) is 11.3 Å². The smallest absolute Gasteiger partial charge is 0.185 e. The molecule has 0 saturated carbocycles. The Morgan fingerprint density at radius 3 is 2.14 bits per heavy atom. The van der Waals surface area contributed by atoms with Crippen molar-refractivity contribution < 1.29 is 17.6 Å². The van der Waals surface area contributed by atoms with Gasteiger partial charge in [-0.05, 0) is 0 Å². The van der Waals surface area contributed by atoms with Crippen LogP contribution in [0, 0.1) is 23.3 Å². The molecule has 1 heterocycles. The van der Waals surface area contributed by atoms with Crippen LogP contribution in [0.25, 0.3) is 0 Å². The number of nitrogens with zero attached hydrogens (tertiary/aromatic N) is 1. The lowest BCUT2D eigenvalue weighted by Crippen LogP contribution is -2.09. The summed E-state index contributed by atoms with van der Waals surface area (Å²) in [6.45, 7) is 6.00. The number of rotatable bonds is 3. The van der Waals surface area contributed by atoms with Crippen LogP contribution in [-0.4, -0.2) is 4.98 Å². The molecule has 0 fully saturated rings. The fourth-order valence-corrected chi connectivity index (χ4v) is 2.55. The summed E-state index contributed by atoms with van der Waals surface area (Å²) in [7, 11) is 0. The molecule has 114 valence electrons. The van der Waals surface area contributed by atoms with E-state index in [0.29, 0.717) is 4.88 Å². The molecule has 0 saturated heterocycles. The average Bonchev–Trinajstić information content (AvgIpc) is 2.85. The Kier molecular flexibility index (Phi) is 4.22. The van der Waals surface area contributed by atoms with Gasteiger partial charge in [-0.15, -0.1) is 11.3 Å². The van der Waals surface area contributed by atoms with Gasteiger partial charge in [-0.25, -0.2) is 22.5 Å². The summed E-state index contributed by atoms with van der Waals surface area (Å²) in [5, 5.41) is 3.25. The van der Waals surface area contributed by atoms with Crippen LogP contribution >= 0.6 is 11.3 Å². The number of hydrogen-bond donors (Lipinski definition) is 1. The highest BCUT2D eigenvalue weighted by atomic mass is 32.1. The molecule has 0 spiro atoms. The van der Waals surface area contributed by atoms with Crippen LogP contribution in [0.4, 0.5) is 23.2 Å². The van der Waals surface area contributed by atoms with E-state index in [2.05, 4.69) is 10.3 Å². The fourth-order valence-electron chi connectivity index (χ4n) is 1.64. The van der Waals surface area contributed by atoms with Gasteiger partial charge in [0.15, 0.2) is 23.3 Å². The van der Waals surface area contributed by atoms with Crippen LogP contribution in [-0.2, 0) is 12.0 Å². The van der Waals surface area contributed by atoms with Crippen molar-refractivity contribution in [3.63, 3.8) is 0 Å². The first-order valence-corrected chi connectivity index (χ1v) is 7.04. The summed E-state index contributed by atoms with van der Waals surface area (Å²) >= 11 is 1.37. The number of halogens is 4. The van der Waals surface area contributed by atoms with Crippen molar-refractivity contribution in [3.05, 3.63) is 45.4 Å². The second kappa shape index (κ2) is 5.63. The lowest BCUT2D eigenvalue weighted by molar-refractivity contribution is 0.458. The topological polar surface area (TPSA) is 24.9 Å². The number of benzene rings is 1. The van der Waals surface area contributed by atoms with E-state index in [-0.39, 0.29) is 18.0 Å². The molecule has 2 aromatic rings. The Morgan fingerprint density at radius 1 is 1.10 bits per heavy atom. The molecule has 2 rings (SSSR count). The van der Waals surface area contributed by atoms with E-state index in [0.717, 1.165) is 5.01 Å². The number of aromatic nitrogens is 1. The summed E-state index contributed by atoms with van der Waals surface area (Å²) in [6.07, 6.45) is 1.57. The van der Waals surface area contributed by atoms with Gasteiger partial charge in [0.1, 0.15) is 5.69 Å². The van der Waals surface area contributed by atoms with Gasteiger partial charge in [-0.1, -0.05) is 20.8 Å². The van der Waals surface area contributed by atoms with E-state index in [4.69, 9.17) is 0 Å². The van der Waals surface area contributed by atoms with Crippen molar-refractivity contribution in [3.8, 4) is 0 Å². The molecule has 0 bridgehead atoms. The quantitative estimate of drug-likeness (QED) is 0.660. The number of nitrogens with one attached hydrogen (secondary N) is 1.